The smallest absolute Gasteiger partial charge is 0.369 e. The second kappa shape index (κ2) is 8.27. The van der Waals surface area contributed by atoms with Crippen molar-refractivity contribution in [3.05, 3.63) is 64.2 Å². The van der Waals surface area contributed by atoms with E-state index >= 15 is 0 Å². The van der Waals surface area contributed by atoms with Crippen LogP contribution in [-0.2, 0) is 13.2 Å². The highest BCUT2D eigenvalue weighted by Crippen LogP contribution is 2.32. The highest BCUT2D eigenvalue weighted by molar-refractivity contribution is 5.86. The van der Waals surface area contributed by atoms with Crippen molar-refractivity contribution < 1.29 is 22.1 Å². The van der Waals surface area contributed by atoms with Crippen LogP contribution in [0.3, 0.4) is 0 Å². The fraction of sp³-hybridized carbons (Fsp3) is 0.292. The zero-order valence-corrected chi connectivity index (χ0v) is 18.2. The van der Waals surface area contributed by atoms with Gasteiger partial charge in [-0.15, -0.1) is 0 Å². The number of hydrogen-bond acceptors (Lipinski definition) is 5. The number of benzene rings is 2. The van der Waals surface area contributed by atoms with Crippen LogP contribution in [0.2, 0.25) is 0 Å². The Kier molecular flexibility index (Phi) is 5.38. The first-order valence-corrected chi connectivity index (χ1v) is 10.8. The van der Waals surface area contributed by atoms with Gasteiger partial charge in [-0.3, -0.25) is 4.79 Å². The summed E-state index contributed by atoms with van der Waals surface area (Å²) in [5.74, 6) is -0.732. The predicted octanol–water partition coefficient (Wildman–Crippen LogP) is 5.40. The molecule has 0 spiro atoms. The van der Waals surface area contributed by atoms with E-state index in [1.165, 1.54) is 24.4 Å². The van der Waals surface area contributed by atoms with E-state index < -0.39 is 23.0 Å². The summed E-state index contributed by atoms with van der Waals surface area (Å²) in [5.41, 5.74) is -0.215. The molecule has 0 N–H and O–H groups in total. The monoisotopic (exact) mass is 472 g/mol. The molecule has 1 aliphatic heterocycles. The van der Waals surface area contributed by atoms with E-state index in [2.05, 4.69) is 10.1 Å². The van der Waals surface area contributed by atoms with Crippen LogP contribution in [0.5, 0.6) is 0 Å². The van der Waals surface area contributed by atoms with Crippen molar-refractivity contribution in [2.24, 2.45) is 7.05 Å². The van der Waals surface area contributed by atoms with Gasteiger partial charge in [0.2, 0.25) is 11.3 Å². The third-order valence-corrected chi connectivity index (χ3v) is 6.06. The molecule has 0 unspecified atom stereocenters. The minimum atomic E-state index is -4.52. The van der Waals surface area contributed by atoms with Crippen molar-refractivity contribution in [1.29, 1.82) is 0 Å². The topological polar surface area (TPSA) is 64.2 Å². The normalized spacial score (nSPS) is 14.7. The van der Waals surface area contributed by atoms with Gasteiger partial charge in [0, 0.05) is 37.3 Å². The minimum Gasteiger partial charge on any atom is -0.369 e. The lowest BCUT2D eigenvalue weighted by Crippen LogP contribution is -2.30. The van der Waals surface area contributed by atoms with E-state index in [0.29, 0.717) is 11.2 Å². The van der Waals surface area contributed by atoms with Crippen molar-refractivity contribution in [2.75, 3.05) is 18.0 Å². The second-order valence-electron chi connectivity index (χ2n) is 8.35. The van der Waals surface area contributed by atoms with Crippen LogP contribution in [0.1, 0.15) is 24.8 Å². The lowest BCUT2D eigenvalue weighted by Gasteiger charge is -2.29. The van der Waals surface area contributed by atoms with E-state index in [-0.39, 0.29) is 28.2 Å². The molecule has 176 valence electrons. The SMILES string of the molecule is Cn1cc(-c2nc(-c3cccc(C(F)(F)F)c3)no2)c(=O)c2cc(F)c(N3CCCCC3)cc21. The van der Waals surface area contributed by atoms with E-state index in [4.69, 9.17) is 4.52 Å². The van der Waals surface area contributed by atoms with Gasteiger partial charge in [-0.05, 0) is 43.5 Å². The van der Waals surface area contributed by atoms with Gasteiger partial charge in [0.15, 0.2) is 0 Å². The molecule has 0 amide bonds. The van der Waals surface area contributed by atoms with Gasteiger partial charge in [-0.1, -0.05) is 17.3 Å². The molecule has 5 rings (SSSR count). The quantitative estimate of drug-likeness (QED) is 0.374. The lowest BCUT2D eigenvalue weighted by atomic mass is 10.1. The Morgan fingerprint density at radius 2 is 1.82 bits per heavy atom. The van der Waals surface area contributed by atoms with Crippen LogP contribution >= 0.6 is 0 Å². The molecule has 10 heteroatoms. The van der Waals surface area contributed by atoms with Crippen LogP contribution in [-0.4, -0.2) is 27.8 Å². The molecule has 0 aliphatic carbocycles. The summed E-state index contributed by atoms with van der Waals surface area (Å²) in [4.78, 5) is 19.3. The molecule has 2 aromatic carbocycles. The number of halogens is 4. The molecule has 0 bridgehead atoms. The van der Waals surface area contributed by atoms with E-state index in [0.717, 1.165) is 44.5 Å². The Labute approximate surface area is 191 Å². The van der Waals surface area contributed by atoms with Crippen molar-refractivity contribution in [2.45, 2.75) is 25.4 Å². The van der Waals surface area contributed by atoms with Gasteiger partial charge in [-0.2, -0.15) is 18.2 Å². The average molecular weight is 472 g/mol. The number of anilines is 1. The van der Waals surface area contributed by atoms with Crippen molar-refractivity contribution in [3.8, 4) is 22.8 Å². The molecule has 6 nitrogen and oxygen atoms in total. The number of fused-ring (bicyclic) bond motifs is 1. The number of aromatic nitrogens is 3. The highest BCUT2D eigenvalue weighted by Gasteiger charge is 2.31. The van der Waals surface area contributed by atoms with Crippen molar-refractivity contribution >= 4 is 16.6 Å². The highest BCUT2D eigenvalue weighted by atomic mass is 19.4. The third-order valence-electron chi connectivity index (χ3n) is 6.06. The molecule has 1 aliphatic rings. The maximum absolute atomic E-state index is 15.0. The summed E-state index contributed by atoms with van der Waals surface area (Å²) in [7, 11) is 1.72. The van der Waals surface area contributed by atoms with Crippen LogP contribution in [0.4, 0.5) is 23.2 Å². The molecule has 4 aromatic rings. The molecule has 34 heavy (non-hydrogen) atoms. The second-order valence-corrected chi connectivity index (χ2v) is 8.35. The van der Waals surface area contributed by atoms with Crippen LogP contribution in [0.15, 0.2) is 51.9 Å². The summed E-state index contributed by atoms with van der Waals surface area (Å²) in [6.45, 7) is 1.52. The lowest BCUT2D eigenvalue weighted by molar-refractivity contribution is -0.137. The maximum Gasteiger partial charge on any atom is 0.416 e. The van der Waals surface area contributed by atoms with E-state index in [1.807, 2.05) is 4.90 Å². The molecule has 1 saturated heterocycles. The number of alkyl halides is 3. The molecular weight excluding hydrogens is 452 g/mol. The summed E-state index contributed by atoms with van der Waals surface area (Å²) in [6, 6.07) is 7.39. The van der Waals surface area contributed by atoms with Gasteiger partial charge in [0.1, 0.15) is 11.4 Å². The van der Waals surface area contributed by atoms with Crippen LogP contribution in [0.25, 0.3) is 33.7 Å². The Balaban J connectivity index is 1.56. The van der Waals surface area contributed by atoms with Gasteiger partial charge in [-0.25, -0.2) is 4.39 Å². The number of piperidine rings is 1. The first kappa shape index (κ1) is 22.1. The minimum absolute atomic E-state index is 0.0332. The first-order chi connectivity index (χ1) is 16.2. The molecule has 3 heterocycles. The third kappa shape index (κ3) is 3.93. The Hall–Kier alpha value is -3.69. The molecular formula is C24H20F4N4O2. The fourth-order valence-corrected chi connectivity index (χ4v) is 4.31. The summed E-state index contributed by atoms with van der Waals surface area (Å²) < 4.78 is 61.0. The van der Waals surface area contributed by atoms with Gasteiger partial charge >= 0.3 is 6.18 Å². The largest absolute Gasteiger partial charge is 0.416 e. The number of hydrogen-bond donors (Lipinski definition) is 0. The first-order valence-electron chi connectivity index (χ1n) is 10.8. The van der Waals surface area contributed by atoms with E-state index in [1.54, 1.807) is 17.7 Å². The zero-order chi connectivity index (χ0) is 24.0. The van der Waals surface area contributed by atoms with Crippen molar-refractivity contribution in [1.82, 2.24) is 14.7 Å². The maximum atomic E-state index is 15.0. The molecule has 0 saturated carbocycles. The van der Waals surface area contributed by atoms with E-state index in [9.17, 15) is 22.4 Å². The predicted molar refractivity (Wildman–Crippen MR) is 119 cm³/mol. The Morgan fingerprint density at radius 1 is 1.06 bits per heavy atom. The summed E-state index contributed by atoms with van der Waals surface area (Å²) >= 11 is 0. The molecule has 1 fully saturated rings. The Morgan fingerprint density at radius 3 is 2.56 bits per heavy atom. The molecule has 0 atom stereocenters. The van der Waals surface area contributed by atoms with Gasteiger partial charge in [0.25, 0.3) is 5.89 Å². The Bertz CT molecular complexity index is 1440. The van der Waals surface area contributed by atoms with Crippen molar-refractivity contribution in [3.63, 3.8) is 0 Å². The van der Waals surface area contributed by atoms with Gasteiger partial charge in [0.05, 0.1) is 16.8 Å². The summed E-state index contributed by atoms with van der Waals surface area (Å²) in [5, 5.41) is 3.90. The number of nitrogens with zero attached hydrogens (tertiary/aromatic N) is 4. The number of pyridine rings is 1. The standard InChI is InChI=1S/C24H20F4N4O2/c1-31-13-17(23-29-22(30-34-23)14-6-5-7-15(10-14)24(26,27)28)21(33)16-11-18(25)20(12-19(16)31)32-8-3-2-4-9-32/h5-7,10-13H,2-4,8-9H2,1H3. The molecule has 0 radical (unpaired) electrons. The van der Waals surface area contributed by atoms with Crippen LogP contribution < -0.4 is 10.3 Å². The number of rotatable bonds is 3. The number of aryl methyl sites for hydroxylation is 1. The average Bonchev–Trinajstić information content (AvgIpc) is 3.31. The molecule has 2 aromatic heterocycles. The van der Waals surface area contributed by atoms with Gasteiger partial charge < -0.3 is 14.0 Å². The van der Waals surface area contributed by atoms with Crippen LogP contribution in [0, 0.1) is 5.82 Å². The fourth-order valence-electron chi connectivity index (χ4n) is 4.31. The zero-order valence-electron chi connectivity index (χ0n) is 18.2. The summed E-state index contributed by atoms with van der Waals surface area (Å²) in [6.07, 6.45) is 0.0711.